The number of hydrogen-bond donors (Lipinski definition) is 1. The van der Waals surface area contributed by atoms with Gasteiger partial charge in [-0.3, -0.25) is 9.78 Å². The van der Waals surface area contributed by atoms with Crippen molar-refractivity contribution in [3.63, 3.8) is 0 Å². The molecule has 0 saturated carbocycles. The second kappa shape index (κ2) is 4.72. The Labute approximate surface area is 106 Å². The van der Waals surface area contributed by atoms with Gasteiger partial charge in [-0.1, -0.05) is 18.2 Å². The average molecular weight is 266 g/mol. The summed E-state index contributed by atoms with van der Waals surface area (Å²) in [4.78, 5) is 14.6. The molecule has 2 rings (SSSR count). The first kappa shape index (κ1) is 13.1. The zero-order chi connectivity index (χ0) is 14.0. The molecular weight excluding hydrogens is 257 g/mol. The fraction of sp³-hybridized carbons (Fsp3) is 0.0769. The Kier molecular flexibility index (Phi) is 3.25. The average Bonchev–Trinajstić information content (AvgIpc) is 2.38. The van der Waals surface area contributed by atoms with E-state index in [2.05, 4.69) is 4.98 Å². The van der Waals surface area contributed by atoms with Gasteiger partial charge in [0.2, 0.25) is 0 Å². The molecule has 1 heterocycles. The van der Waals surface area contributed by atoms with E-state index < -0.39 is 17.6 Å². The minimum absolute atomic E-state index is 0.0655. The summed E-state index contributed by atoms with van der Waals surface area (Å²) in [5.41, 5.74) is 5.22. The van der Waals surface area contributed by atoms with Crippen LogP contribution in [0.3, 0.4) is 0 Å². The molecule has 1 aromatic heterocycles. The number of benzene rings is 1. The molecule has 1 amide bonds. The quantitative estimate of drug-likeness (QED) is 0.908. The van der Waals surface area contributed by atoms with Crippen molar-refractivity contribution in [1.82, 2.24) is 4.98 Å². The SMILES string of the molecule is NC(=O)c1ccc(-c2cccc(C(F)(F)F)c2)cn1. The Morgan fingerprint density at radius 3 is 2.37 bits per heavy atom. The molecule has 0 atom stereocenters. The van der Waals surface area contributed by atoms with Crippen molar-refractivity contribution in [2.45, 2.75) is 6.18 Å². The Morgan fingerprint density at radius 2 is 1.84 bits per heavy atom. The van der Waals surface area contributed by atoms with Crippen LogP contribution in [0.15, 0.2) is 42.6 Å². The number of carbonyl (C=O) groups excluding carboxylic acids is 1. The van der Waals surface area contributed by atoms with Crippen molar-refractivity contribution in [3.05, 3.63) is 53.9 Å². The molecule has 1 aromatic carbocycles. The van der Waals surface area contributed by atoms with Gasteiger partial charge >= 0.3 is 6.18 Å². The first-order chi connectivity index (χ1) is 8.88. The Bertz CT molecular complexity index is 606. The standard InChI is InChI=1S/C13H9F3N2O/c14-13(15,16)10-3-1-2-8(6-10)9-4-5-11(12(17)19)18-7-9/h1-7H,(H2,17,19). The minimum atomic E-state index is -4.39. The predicted molar refractivity (Wildman–Crippen MR) is 63.2 cm³/mol. The lowest BCUT2D eigenvalue weighted by atomic mass is 10.0. The molecule has 6 heteroatoms. The second-order valence-electron chi connectivity index (χ2n) is 3.87. The van der Waals surface area contributed by atoms with Crippen molar-refractivity contribution < 1.29 is 18.0 Å². The topological polar surface area (TPSA) is 56.0 Å². The van der Waals surface area contributed by atoms with Gasteiger partial charge in [-0.15, -0.1) is 0 Å². The van der Waals surface area contributed by atoms with Gasteiger partial charge in [0.15, 0.2) is 0 Å². The normalized spacial score (nSPS) is 11.3. The molecule has 19 heavy (non-hydrogen) atoms. The highest BCUT2D eigenvalue weighted by molar-refractivity contribution is 5.91. The zero-order valence-electron chi connectivity index (χ0n) is 9.61. The summed E-state index contributed by atoms with van der Waals surface area (Å²) < 4.78 is 37.7. The van der Waals surface area contributed by atoms with E-state index in [-0.39, 0.29) is 5.69 Å². The van der Waals surface area contributed by atoms with E-state index >= 15 is 0 Å². The lowest BCUT2D eigenvalue weighted by molar-refractivity contribution is -0.137. The van der Waals surface area contributed by atoms with E-state index in [1.54, 1.807) is 0 Å². The lowest BCUT2D eigenvalue weighted by Crippen LogP contribution is -2.12. The van der Waals surface area contributed by atoms with Gasteiger partial charge in [0.05, 0.1) is 5.56 Å². The highest BCUT2D eigenvalue weighted by atomic mass is 19.4. The summed E-state index contributed by atoms with van der Waals surface area (Å²) in [6.45, 7) is 0. The fourth-order valence-electron chi connectivity index (χ4n) is 1.59. The van der Waals surface area contributed by atoms with E-state index in [1.165, 1.54) is 30.5 Å². The number of aromatic nitrogens is 1. The van der Waals surface area contributed by atoms with Gasteiger partial charge in [0.1, 0.15) is 5.69 Å². The first-order valence-electron chi connectivity index (χ1n) is 5.31. The summed E-state index contributed by atoms with van der Waals surface area (Å²) in [6, 6.07) is 7.76. The van der Waals surface area contributed by atoms with Crippen molar-refractivity contribution in [1.29, 1.82) is 0 Å². The summed E-state index contributed by atoms with van der Waals surface area (Å²) in [5, 5.41) is 0. The van der Waals surface area contributed by atoms with Crippen molar-refractivity contribution in [3.8, 4) is 11.1 Å². The van der Waals surface area contributed by atoms with E-state index in [0.717, 1.165) is 12.1 Å². The number of carbonyl (C=O) groups is 1. The molecule has 2 aromatic rings. The van der Waals surface area contributed by atoms with Crippen molar-refractivity contribution in [2.75, 3.05) is 0 Å². The smallest absolute Gasteiger partial charge is 0.364 e. The number of nitrogens with zero attached hydrogens (tertiary/aromatic N) is 1. The molecule has 0 bridgehead atoms. The van der Waals surface area contributed by atoms with Gasteiger partial charge in [-0.2, -0.15) is 13.2 Å². The number of hydrogen-bond acceptors (Lipinski definition) is 2. The van der Waals surface area contributed by atoms with Crippen LogP contribution in [0.2, 0.25) is 0 Å². The molecule has 98 valence electrons. The van der Waals surface area contributed by atoms with E-state index in [0.29, 0.717) is 11.1 Å². The number of nitrogens with two attached hydrogens (primary N) is 1. The molecule has 0 aliphatic rings. The van der Waals surface area contributed by atoms with Crippen LogP contribution in [-0.2, 0) is 6.18 Å². The molecular formula is C13H9F3N2O. The molecule has 2 N–H and O–H groups in total. The highest BCUT2D eigenvalue weighted by Gasteiger charge is 2.30. The van der Waals surface area contributed by atoms with E-state index in [1.807, 2.05) is 0 Å². The third-order valence-electron chi connectivity index (χ3n) is 2.54. The number of rotatable bonds is 2. The third kappa shape index (κ3) is 2.90. The number of pyridine rings is 1. The second-order valence-corrected chi connectivity index (χ2v) is 3.87. The number of amides is 1. The summed E-state index contributed by atoms with van der Waals surface area (Å²) >= 11 is 0. The largest absolute Gasteiger partial charge is 0.416 e. The van der Waals surface area contributed by atoms with Gasteiger partial charge < -0.3 is 5.73 Å². The van der Waals surface area contributed by atoms with Gasteiger partial charge in [0, 0.05) is 11.8 Å². The van der Waals surface area contributed by atoms with Crippen LogP contribution in [0.25, 0.3) is 11.1 Å². The van der Waals surface area contributed by atoms with Crippen LogP contribution in [0, 0.1) is 0 Å². The predicted octanol–water partition coefficient (Wildman–Crippen LogP) is 2.87. The number of alkyl halides is 3. The van der Waals surface area contributed by atoms with E-state index in [9.17, 15) is 18.0 Å². The molecule has 0 aliphatic heterocycles. The van der Waals surface area contributed by atoms with Gasteiger partial charge in [0.25, 0.3) is 5.91 Å². The summed E-state index contributed by atoms with van der Waals surface area (Å²) in [7, 11) is 0. The van der Waals surface area contributed by atoms with Crippen LogP contribution in [-0.4, -0.2) is 10.9 Å². The maximum atomic E-state index is 12.6. The van der Waals surface area contributed by atoms with Crippen LogP contribution in [0.4, 0.5) is 13.2 Å². The van der Waals surface area contributed by atoms with Crippen LogP contribution >= 0.6 is 0 Å². The highest BCUT2D eigenvalue weighted by Crippen LogP contribution is 2.31. The first-order valence-corrected chi connectivity index (χ1v) is 5.31. The van der Waals surface area contributed by atoms with Crippen LogP contribution < -0.4 is 5.73 Å². The summed E-state index contributed by atoms with van der Waals surface area (Å²) in [5.74, 6) is -0.685. The van der Waals surface area contributed by atoms with Crippen molar-refractivity contribution in [2.24, 2.45) is 5.73 Å². The maximum Gasteiger partial charge on any atom is 0.416 e. The molecule has 0 radical (unpaired) electrons. The molecule has 0 spiro atoms. The monoisotopic (exact) mass is 266 g/mol. The molecule has 0 aliphatic carbocycles. The third-order valence-corrected chi connectivity index (χ3v) is 2.54. The molecule has 3 nitrogen and oxygen atoms in total. The zero-order valence-corrected chi connectivity index (χ0v) is 9.61. The Morgan fingerprint density at radius 1 is 1.11 bits per heavy atom. The minimum Gasteiger partial charge on any atom is -0.364 e. The molecule has 0 unspecified atom stereocenters. The van der Waals surface area contributed by atoms with Gasteiger partial charge in [-0.25, -0.2) is 0 Å². The fourth-order valence-corrected chi connectivity index (χ4v) is 1.59. The maximum absolute atomic E-state index is 12.6. The summed E-state index contributed by atoms with van der Waals surface area (Å²) in [6.07, 6.45) is -3.08. The van der Waals surface area contributed by atoms with Crippen molar-refractivity contribution >= 4 is 5.91 Å². The van der Waals surface area contributed by atoms with Crippen LogP contribution in [0.5, 0.6) is 0 Å². The Balaban J connectivity index is 2.39. The van der Waals surface area contributed by atoms with Gasteiger partial charge in [-0.05, 0) is 23.8 Å². The number of primary amides is 1. The lowest BCUT2D eigenvalue weighted by Gasteiger charge is -2.08. The molecule has 0 fully saturated rings. The van der Waals surface area contributed by atoms with E-state index in [4.69, 9.17) is 5.73 Å². The Hall–Kier alpha value is -2.37. The van der Waals surface area contributed by atoms with Crippen LogP contribution in [0.1, 0.15) is 16.1 Å². The number of halogens is 3. The molecule has 0 saturated heterocycles.